The highest BCUT2D eigenvalue weighted by Gasteiger charge is 2.45. The van der Waals surface area contributed by atoms with Crippen LogP contribution in [0.3, 0.4) is 0 Å². The molecule has 0 heterocycles. The monoisotopic (exact) mass is 300 g/mol. The summed E-state index contributed by atoms with van der Waals surface area (Å²) in [5, 5.41) is 13.5. The average molecular weight is 300 g/mol. The Balaban J connectivity index is 2.87. The molecule has 122 valence electrons. The summed E-state index contributed by atoms with van der Waals surface area (Å²) in [6, 6.07) is -0.370. The first-order valence-electron chi connectivity index (χ1n) is 7.72. The number of ether oxygens (including phenoxy) is 1. The molecule has 1 saturated carbocycles. The maximum Gasteiger partial charge on any atom is 0.302 e. The molecule has 6 nitrogen and oxygen atoms in total. The van der Waals surface area contributed by atoms with Crippen molar-refractivity contribution in [1.82, 2.24) is 5.32 Å². The molecule has 4 atom stereocenters. The van der Waals surface area contributed by atoms with Crippen LogP contribution in [0.4, 0.5) is 0 Å². The third-order valence-electron chi connectivity index (χ3n) is 4.02. The first-order chi connectivity index (χ1) is 9.80. The van der Waals surface area contributed by atoms with Gasteiger partial charge in [0.15, 0.2) is 0 Å². The molecule has 0 aromatic heterocycles. The molecule has 1 aliphatic carbocycles. The topological polar surface area (TPSA) is 102 Å². The van der Waals surface area contributed by atoms with E-state index < -0.39 is 11.6 Å². The standard InChI is InChI=1S/C15H28N2O4/c1-4-6-13(19)17-15(9-10(2)21-11(3)18)8-5-7-12(16)14(15)20/h10,12,14,20H,4-9,16H2,1-3H3,(H,17,19). The molecular weight excluding hydrogens is 272 g/mol. The molecule has 21 heavy (non-hydrogen) atoms. The third-order valence-corrected chi connectivity index (χ3v) is 4.02. The van der Waals surface area contributed by atoms with Gasteiger partial charge in [0, 0.05) is 25.8 Å². The fourth-order valence-electron chi connectivity index (χ4n) is 3.18. The summed E-state index contributed by atoms with van der Waals surface area (Å²) < 4.78 is 5.16. The van der Waals surface area contributed by atoms with Gasteiger partial charge in [-0.2, -0.15) is 0 Å². The number of carbonyl (C=O) groups is 2. The molecule has 4 N–H and O–H groups in total. The van der Waals surface area contributed by atoms with Gasteiger partial charge >= 0.3 is 5.97 Å². The van der Waals surface area contributed by atoms with E-state index in [-0.39, 0.29) is 24.0 Å². The molecule has 0 saturated heterocycles. The molecule has 0 aromatic carbocycles. The van der Waals surface area contributed by atoms with Crippen LogP contribution in [0.5, 0.6) is 0 Å². The van der Waals surface area contributed by atoms with Crippen LogP contribution in [0.25, 0.3) is 0 Å². The molecule has 0 aliphatic heterocycles. The molecular formula is C15H28N2O4. The maximum atomic E-state index is 12.0. The van der Waals surface area contributed by atoms with Crippen LogP contribution in [0.1, 0.15) is 59.3 Å². The third kappa shape index (κ3) is 4.97. The predicted molar refractivity (Wildman–Crippen MR) is 79.5 cm³/mol. The Kier molecular flexibility index (Phi) is 6.61. The van der Waals surface area contributed by atoms with Crippen molar-refractivity contribution in [2.45, 2.75) is 83.1 Å². The summed E-state index contributed by atoms with van der Waals surface area (Å²) in [5.41, 5.74) is 5.16. The minimum Gasteiger partial charge on any atom is -0.463 e. The van der Waals surface area contributed by atoms with E-state index >= 15 is 0 Å². The van der Waals surface area contributed by atoms with E-state index in [1.54, 1.807) is 6.92 Å². The second-order valence-electron chi connectivity index (χ2n) is 6.08. The second-order valence-corrected chi connectivity index (χ2v) is 6.08. The van der Waals surface area contributed by atoms with Gasteiger partial charge in [-0.1, -0.05) is 6.92 Å². The van der Waals surface area contributed by atoms with Crippen molar-refractivity contribution >= 4 is 11.9 Å². The molecule has 1 aliphatic rings. The van der Waals surface area contributed by atoms with Crippen molar-refractivity contribution in [2.75, 3.05) is 0 Å². The molecule has 1 amide bonds. The summed E-state index contributed by atoms with van der Waals surface area (Å²) in [6.07, 6.45) is 2.51. The van der Waals surface area contributed by atoms with E-state index in [4.69, 9.17) is 10.5 Å². The Bertz CT molecular complexity index is 375. The van der Waals surface area contributed by atoms with E-state index in [1.165, 1.54) is 6.92 Å². The van der Waals surface area contributed by atoms with Gasteiger partial charge in [0.25, 0.3) is 0 Å². The molecule has 0 radical (unpaired) electrons. The quantitative estimate of drug-likeness (QED) is 0.631. The zero-order valence-electron chi connectivity index (χ0n) is 13.2. The number of carbonyl (C=O) groups excluding carboxylic acids is 2. The molecule has 6 heteroatoms. The van der Waals surface area contributed by atoms with Gasteiger partial charge in [-0.25, -0.2) is 0 Å². The van der Waals surface area contributed by atoms with Gasteiger partial charge in [0.05, 0.1) is 11.6 Å². The lowest BCUT2D eigenvalue weighted by molar-refractivity contribution is -0.148. The minimum absolute atomic E-state index is 0.0966. The summed E-state index contributed by atoms with van der Waals surface area (Å²) in [6.45, 7) is 5.04. The fourth-order valence-corrected chi connectivity index (χ4v) is 3.18. The lowest BCUT2D eigenvalue weighted by Gasteiger charge is -2.46. The van der Waals surface area contributed by atoms with E-state index in [0.717, 1.165) is 19.3 Å². The van der Waals surface area contributed by atoms with Gasteiger partial charge in [-0.3, -0.25) is 9.59 Å². The molecule has 0 aromatic rings. The van der Waals surface area contributed by atoms with E-state index in [9.17, 15) is 14.7 Å². The first kappa shape index (κ1) is 17.9. The van der Waals surface area contributed by atoms with Crippen LogP contribution in [0, 0.1) is 0 Å². The largest absolute Gasteiger partial charge is 0.463 e. The van der Waals surface area contributed by atoms with Crippen LogP contribution >= 0.6 is 0 Å². The molecule has 1 rings (SSSR count). The van der Waals surface area contributed by atoms with Crippen LogP contribution in [0.2, 0.25) is 0 Å². The minimum atomic E-state index is -0.829. The van der Waals surface area contributed by atoms with Crippen molar-refractivity contribution in [1.29, 1.82) is 0 Å². The van der Waals surface area contributed by atoms with E-state index in [2.05, 4.69) is 5.32 Å². The number of esters is 1. The van der Waals surface area contributed by atoms with Crippen LogP contribution < -0.4 is 11.1 Å². The summed E-state index contributed by atoms with van der Waals surface area (Å²) >= 11 is 0. The SMILES string of the molecule is CCCC(=O)NC1(CC(C)OC(C)=O)CCCC(N)C1O. The molecule has 0 bridgehead atoms. The lowest BCUT2D eigenvalue weighted by atomic mass is 9.73. The smallest absolute Gasteiger partial charge is 0.302 e. The Morgan fingerprint density at radius 1 is 1.52 bits per heavy atom. The number of aliphatic hydroxyl groups excluding tert-OH is 1. The number of rotatable bonds is 6. The van der Waals surface area contributed by atoms with E-state index in [1.807, 2.05) is 6.92 Å². The highest BCUT2D eigenvalue weighted by atomic mass is 16.5. The van der Waals surface area contributed by atoms with Crippen molar-refractivity contribution in [3.63, 3.8) is 0 Å². The Hall–Kier alpha value is -1.14. The zero-order chi connectivity index (χ0) is 16.0. The first-order valence-corrected chi connectivity index (χ1v) is 7.72. The highest BCUT2D eigenvalue weighted by molar-refractivity contribution is 5.77. The molecule has 4 unspecified atom stereocenters. The van der Waals surface area contributed by atoms with Crippen molar-refractivity contribution < 1.29 is 19.4 Å². The van der Waals surface area contributed by atoms with Gasteiger partial charge in [-0.15, -0.1) is 0 Å². The highest BCUT2D eigenvalue weighted by Crippen LogP contribution is 2.33. The Morgan fingerprint density at radius 2 is 2.19 bits per heavy atom. The summed E-state index contributed by atoms with van der Waals surface area (Å²) in [4.78, 5) is 23.1. The number of nitrogens with one attached hydrogen (secondary N) is 1. The Morgan fingerprint density at radius 3 is 2.76 bits per heavy atom. The fraction of sp³-hybridized carbons (Fsp3) is 0.867. The van der Waals surface area contributed by atoms with E-state index in [0.29, 0.717) is 19.3 Å². The number of nitrogens with two attached hydrogens (primary N) is 1. The number of hydrogen-bond acceptors (Lipinski definition) is 5. The average Bonchev–Trinajstić information content (AvgIpc) is 2.34. The second kappa shape index (κ2) is 7.75. The number of amides is 1. The van der Waals surface area contributed by atoms with Crippen molar-refractivity contribution in [3.05, 3.63) is 0 Å². The van der Waals surface area contributed by atoms with Gasteiger partial charge in [0.1, 0.15) is 6.10 Å². The number of hydrogen-bond donors (Lipinski definition) is 3. The summed E-state index contributed by atoms with van der Waals surface area (Å²) in [7, 11) is 0. The van der Waals surface area contributed by atoms with Gasteiger partial charge in [0.2, 0.25) is 5.91 Å². The molecule has 0 spiro atoms. The Labute approximate surface area is 126 Å². The van der Waals surface area contributed by atoms with Crippen LogP contribution in [0.15, 0.2) is 0 Å². The van der Waals surface area contributed by atoms with Crippen LogP contribution in [-0.2, 0) is 14.3 Å². The normalized spacial score (nSPS) is 30.5. The van der Waals surface area contributed by atoms with Crippen molar-refractivity contribution in [2.24, 2.45) is 5.73 Å². The maximum absolute atomic E-state index is 12.0. The van der Waals surface area contributed by atoms with Crippen LogP contribution in [-0.4, -0.2) is 40.8 Å². The summed E-state index contributed by atoms with van der Waals surface area (Å²) in [5.74, 6) is -0.465. The lowest BCUT2D eigenvalue weighted by Crippen LogP contribution is -2.65. The van der Waals surface area contributed by atoms with Gasteiger partial charge in [-0.05, 0) is 32.6 Å². The van der Waals surface area contributed by atoms with Gasteiger partial charge < -0.3 is 20.9 Å². The zero-order valence-corrected chi connectivity index (χ0v) is 13.2. The predicted octanol–water partition coefficient (Wildman–Crippen LogP) is 0.855. The van der Waals surface area contributed by atoms with Crippen molar-refractivity contribution in [3.8, 4) is 0 Å². The number of aliphatic hydroxyl groups is 1. The molecule has 1 fully saturated rings.